The fourth-order valence-electron chi connectivity index (χ4n) is 2.57. The molecule has 2 aromatic carbocycles. The summed E-state index contributed by atoms with van der Waals surface area (Å²) in [6, 6.07) is 12.8. The van der Waals surface area contributed by atoms with Crippen LogP contribution in [0.1, 0.15) is 6.92 Å². The van der Waals surface area contributed by atoms with E-state index in [1.54, 1.807) is 6.07 Å². The highest BCUT2D eigenvalue weighted by molar-refractivity contribution is 7.07. The molecule has 0 atom stereocenters. The van der Waals surface area contributed by atoms with Crippen LogP contribution in [0, 0.1) is 0 Å². The normalized spacial score (nSPS) is 11.0. The lowest BCUT2D eigenvalue weighted by Crippen LogP contribution is -3.00. The molecule has 1 aromatic heterocycles. The van der Waals surface area contributed by atoms with Crippen LogP contribution in [0.4, 0.5) is 11.4 Å². The monoisotopic (exact) mass is 452 g/mol. The number of amides is 1. The van der Waals surface area contributed by atoms with Gasteiger partial charge in [0.2, 0.25) is 5.91 Å². The molecule has 28 heavy (non-hydrogen) atoms. The van der Waals surface area contributed by atoms with E-state index >= 15 is 0 Å². The summed E-state index contributed by atoms with van der Waals surface area (Å²) in [6.45, 7) is 5.92. The SMILES string of the molecule is C=CCn1c(-c2ccc(Cl)cc2Cl)csc1=Nc1ccc(NC(C)=O)cc1.[Cl-]. The maximum absolute atomic E-state index is 11.1. The summed E-state index contributed by atoms with van der Waals surface area (Å²) in [5.74, 6) is -0.105. The Labute approximate surface area is 183 Å². The average Bonchev–Trinajstić information content (AvgIpc) is 2.99. The topological polar surface area (TPSA) is 46.4 Å². The number of nitrogens with one attached hydrogen (secondary N) is 1. The fourth-order valence-corrected chi connectivity index (χ4v) is 4.00. The lowest BCUT2D eigenvalue weighted by molar-refractivity contribution is -0.114. The van der Waals surface area contributed by atoms with Gasteiger partial charge in [-0.3, -0.25) is 4.79 Å². The van der Waals surface area contributed by atoms with Gasteiger partial charge in [-0.05, 0) is 42.5 Å². The molecule has 0 saturated heterocycles. The number of hydrogen-bond donors (Lipinski definition) is 1. The van der Waals surface area contributed by atoms with Gasteiger partial charge in [0.1, 0.15) is 0 Å². The summed E-state index contributed by atoms with van der Waals surface area (Å²) in [6.07, 6.45) is 1.82. The molecular weight excluding hydrogens is 437 g/mol. The van der Waals surface area contributed by atoms with E-state index in [4.69, 9.17) is 28.2 Å². The van der Waals surface area contributed by atoms with Crippen LogP contribution in [0.15, 0.2) is 65.5 Å². The zero-order chi connectivity index (χ0) is 19.4. The summed E-state index contributed by atoms with van der Waals surface area (Å²) in [5.41, 5.74) is 3.37. The second-order valence-electron chi connectivity index (χ2n) is 5.77. The fraction of sp³-hybridized carbons (Fsp3) is 0.100. The standard InChI is InChI=1S/C20H17Cl2N3OS.ClH/c1-3-10-25-19(17-9-4-14(21)11-18(17)22)12-27-20(25)24-16-7-5-15(6-8-16)23-13(2)26;/h3-9,11-12H,1,10H2,2H3,(H,23,26);1H/p-1. The van der Waals surface area contributed by atoms with Crippen LogP contribution in [-0.4, -0.2) is 10.5 Å². The minimum atomic E-state index is -0.105. The smallest absolute Gasteiger partial charge is 0.221 e. The van der Waals surface area contributed by atoms with Gasteiger partial charge in [0.05, 0.1) is 16.4 Å². The van der Waals surface area contributed by atoms with E-state index in [9.17, 15) is 4.79 Å². The van der Waals surface area contributed by atoms with Crippen molar-refractivity contribution in [2.45, 2.75) is 13.5 Å². The molecule has 0 aliphatic heterocycles. The number of carbonyl (C=O) groups excluding carboxylic acids is 1. The largest absolute Gasteiger partial charge is 1.00 e. The third-order valence-corrected chi connectivity index (χ3v) is 5.14. The average molecular weight is 454 g/mol. The molecule has 8 heteroatoms. The third kappa shape index (κ3) is 5.26. The van der Waals surface area contributed by atoms with Crippen molar-refractivity contribution in [2.75, 3.05) is 5.32 Å². The van der Waals surface area contributed by atoms with Gasteiger partial charge in [-0.25, -0.2) is 4.99 Å². The van der Waals surface area contributed by atoms with Gasteiger partial charge in [0.15, 0.2) is 4.80 Å². The van der Waals surface area contributed by atoms with Crippen LogP contribution < -0.4 is 22.5 Å². The zero-order valence-corrected chi connectivity index (χ0v) is 18.0. The maximum atomic E-state index is 11.1. The van der Waals surface area contributed by atoms with E-state index in [1.807, 2.05) is 47.9 Å². The Balaban J connectivity index is 0.00000280. The molecule has 0 fully saturated rings. The van der Waals surface area contributed by atoms with Crippen LogP contribution in [0.2, 0.25) is 10.0 Å². The quantitative estimate of drug-likeness (QED) is 0.593. The van der Waals surface area contributed by atoms with Gasteiger partial charge < -0.3 is 22.3 Å². The molecule has 3 aromatic rings. The number of halogens is 3. The van der Waals surface area contributed by atoms with Gasteiger partial charge in [0, 0.05) is 35.1 Å². The molecule has 0 aliphatic rings. The number of thiazole rings is 1. The molecule has 0 saturated carbocycles. The van der Waals surface area contributed by atoms with Crippen LogP contribution in [0.3, 0.4) is 0 Å². The molecule has 0 bridgehead atoms. The van der Waals surface area contributed by atoms with Crippen molar-refractivity contribution < 1.29 is 17.2 Å². The highest BCUT2D eigenvalue weighted by Crippen LogP contribution is 2.31. The number of anilines is 1. The number of hydrogen-bond acceptors (Lipinski definition) is 3. The van der Waals surface area contributed by atoms with Crippen LogP contribution in [-0.2, 0) is 11.3 Å². The van der Waals surface area contributed by atoms with E-state index in [-0.39, 0.29) is 18.3 Å². The van der Waals surface area contributed by atoms with Gasteiger partial charge in [0.25, 0.3) is 0 Å². The number of aromatic nitrogens is 1. The molecule has 0 unspecified atom stereocenters. The van der Waals surface area contributed by atoms with Gasteiger partial charge in [-0.15, -0.1) is 17.9 Å². The van der Waals surface area contributed by atoms with Crippen LogP contribution >= 0.6 is 34.5 Å². The number of allylic oxidation sites excluding steroid dienone is 1. The first-order valence-electron chi connectivity index (χ1n) is 8.15. The first-order chi connectivity index (χ1) is 13.0. The van der Waals surface area contributed by atoms with Crippen molar-refractivity contribution in [2.24, 2.45) is 4.99 Å². The first kappa shape index (κ1) is 22.2. The minimum absolute atomic E-state index is 0. The Morgan fingerprint density at radius 3 is 2.57 bits per heavy atom. The summed E-state index contributed by atoms with van der Waals surface area (Å²) >= 11 is 13.9. The van der Waals surface area contributed by atoms with Crippen molar-refractivity contribution in [3.05, 3.63) is 75.3 Å². The molecule has 0 radical (unpaired) electrons. The Kier molecular flexibility index (Phi) is 7.89. The number of nitrogens with zero attached hydrogens (tertiary/aromatic N) is 2. The van der Waals surface area contributed by atoms with Crippen molar-refractivity contribution in [3.63, 3.8) is 0 Å². The summed E-state index contributed by atoms with van der Waals surface area (Å²) in [5, 5.41) is 5.94. The lowest BCUT2D eigenvalue weighted by atomic mass is 10.1. The Morgan fingerprint density at radius 2 is 1.96 bits per heavy atom. The van der Waals surface area contributed by atoms with Gasteiger partial charge in [-0.1, -0.05) is 29.3 Å². The van der Waals surface area contributed by atoms with Crippen molar-refractivity contribution >= 4 is 51.8 Å². The number of benzene rings is 2. The summed E-state index contributed by atoms with van der Waals surface area (Å²) in [4.78, 5) is 16.7. The Morgan fingerprint density at radius 1 is 1.25 bits per heavy atom. The van der Waals surface area contributed by atoms with E-state index in [0.29, 0.717) is 16.6 Å². The van der Waals surface area contributed by atoms with Crippen LogP contribution in [0.5, 0.6) is 0 Å². The summed E-state index contributed by atoms with van der Waals surface area (Å²) in [7, 11) is 0. The van der Waals surface area contributed by atoms with Crippen molar-refractivity contribution in [1.82, 2.24) is 4.57 Å². The molecule has 4 nitrogen and oxygen atoms in total. The molecule has 1 amide bonds. The lowest BCUT2D eigenvalue weighted by Gasteiger charge is -2.08. The van der Waals surface area contributed by atoms with Crippen molar-refractivity contribution in [3.8, 4) is 11.3 Å². The maximum Gasteiger partial charge on any atom is 0.221 e. The van der Waals surface area contributed by atoms with Gasteiger partial charge in [-0.2, -0.15) is 0 Å². The molecule has 146 valence electrons. The van der Waals surface area contributed by atoms with E-state index in [1.165, 1.54) is 18.3 Å². The predicted molar refractivity (Wildman–Crippen MR) is 114 cm³/mol. The van der Waals surface area contributed by atoms with Crippen molar-refractivity contribution in [1.29, 1.82) is 0 Å². The molecule has 1 heterocycles. The first-order valence-corrected chi connectivity index (χ1v) is 9.78. The second-order valence-corrected chi connectivity index (χ2v) is 7.45. The van der Waals surface area contributed by atoms with E-state index in [0.717, 1.165) is 27.4 Å². The molecule has 1 N–H and O–H groups in total. The highest BCUT2D eigenvalue weighted by Gasteiger charge is 2.11. The second kappa shape index (κ2) is 9.94. The highest BCUT2D eigenvalue weighted by atomic mass is 35.5. The number of carbonyl (C=O) groups is 1. The predicted octanol–water partition coefficient (Wildman–Crippen LogP) is 2.90. The van der Waals surface area contributed by atoms with Gasteiger partial charge >= 0.3 is 0 Å². The third-order valence-electron chi connectivity index (χ3n) is 3.73. The molecule has 0 aliphatic carbocycles. The summed E-state index contributed by atoms with van der Waals surface area (Å²) < 4.78 is 2.05. The zero-order valence-electron chi connectivity index (χ0n) is 15.0. The molecule has 3 rings (SSSR count). The Hall–Kier alpha value is -2.05. The van der Waals surface area contributed by atoms with E-state index in [2.05, 4.69) is 16.5 Å². The van der Waals surface area contributed by atoms with E-state index < -0.39 is 0 Å². The Bertz CT molecular complexity index is 1060. The van der Waals surface area contributed by atoms with Crippen LogP contribution in [0.25, 0.3) is 11.3 Å². The number of rotatable bonds is 5. The minimum Gasteiger partial charge on any atom is -1.00 e. The molecule has 0 spiro atoms. The molecular formula is C20H17Cl3N3OS-.